The maximum atomic E-state index is 12.8. The van der Waals surface area contributed by atoms with Gasteiger partial charge in [0.25, 0.3) is 5.56 Å². The van der Waals surface area contributed by atoms with Gasteiger partial charge in [-0.25, -0.2) is 4.68 Å². The first-order valence-electron chi connectivity index (χ1n) is 9.57. The Morgan fingerprint density at radius 3 is 2.38 bits per heavy atom. The maximum absolute atomic E-state index is 12.8. The number of nitrogens with zero attached hydrogens (tertiary/aromatic N) is 3. The van der Waals surface area contributed by atoms with E-state index in [-0.39, 0.29) is 23.4 Å². The number of carbonyl (C=O) groups is 1. The van der Waals surface area contributed by atoms with Gasteiger partial charge in [-0.3, -0.25) is 9.59 Å². The fraction of sp³-hybridized carbons (Fsp3) is 0.476. The van der Waals surface area contributed by atoms with Crippen molar-refractivity contribution in [2.24, 2.45) is 0 Å². The summed E-state index contributed by atoms with van der Waals surface area (Å²) in [6.45, 7) is 3.33. The first-order chi connectivity index (χ1) is 12.6. The molecule has 1 unspecified atom stereocenters. The smallest absolute Gasteiger partial charge is 0.267 e. The number of rotatable bonds is 4. The van der Waals surface area contributed by atoms with Crippen molar-refractivity contribution in [2.75, 3.05) is 13.1 Å². The molecule has 2 aromatic rings. The van der Waals surface area contributed by atoms with Crippen LogP contribution in [-0.4, -0.2) is 33.7 Å². The molecule has 26 heavy (non-hydrogen) atoms. The van der Waals surface area contributed by atoms with Crippen molar-refractivity contribution in [2.45, 2.75) is 50.5 Å². The molecule has 1 atom stereocenters. The van der Waals surface area contributed by atoms with E-state index in [1.54, 1.807) is 10.7 Å². The number of hydrogen-bond donors (Lipinski definition) is 0. The third kappa shape index (κ3) is 3.43. The van der Waals surface area contributed by atoms with E-state index in [0.29, 0.717) is 19.0 Å². The van der Waals surface area contributed by atoms with Crippen LogP contribution in [0.15, 0.2) is 47.3 Å². The lowest BCUT2D eigenvalue weighted by atomic mass is 9.97. The van der Waals surface area contributed by atoms with Gasteiger partial charge < -0.3 is 4.90 Å². The van der Waals surface area contributed by atoms with Crippen LogP contribution in [0.5, 0.6) is 0 Å². The summed E-state index contributed by atoms with van der Waals surface area (Å²) in [6, 6.07) is 13.5. The highest BCUT2D eigenvalue weighted by Gasteiger charge is 2.30. The van der Waals surface area contributed by atoms with Gasteiger partial charge in [0.05, 0.1) is 17.7 Å². The van der Waals surface area contributed by atoms with Crippen LogP contribution in [0.1, 0.15) is 61.7 Å². The van der Waals surface area contributed by atoms with E-state index >= 15 is 0 Å². The molecule has 5 heteroatoms. The molecule has 0 bridgehead atoms. The van der Waals surface area contributed by atoms with Gasteiger partial charge in [0.15, 0.2) is 0 Å². The minimum absolute atomic E-state index is 0.0307. The molecule has 5 nitrogen and oxygen atoms in total. The van der Waals surface area contributed by atoms with Crippen molar-refractivity contribution in [3.8, 4) is 0 Å². The largest absolute Gasteiger partial charge is 0.342 e. The van der Waals surface area contributed by atoms with E-state index in [1.807, 2.05) is 48.2 Å². The second-order valence-corrected chi connectivity index (χ2v) is 7.50. The first-order valence-corrected chi connectivity index (χ1v) is 9.57. The number of aromatic nitrogens is 2. The second kappa shape index (κ2) is 7.06. The van der Waals surface area contributed by atoms with Crippen LogP contribution in [0.25, 0.3) is 0 Å². The van der Waals surface area contributed by atoms with Gasteiger partial charge >= 0.3 is 0 Å². The van der Waals surface area contributed by atoms with Gasteiger partial charge in [0.1, 0.15) is 0 Å². The van der Waals surface area contributed by atoms with Gasteiger partial charge in [-0.2, -0.15) is 5.10 Å². The molecule has 1 aliphatic heterocycles. The summed E-state index contributed by atoms with van der Waals surface area (Å²) in [5.41, 5.74) is 2.06. The maximum Gasteiger partial charge on any atom is 0.267 e. The molecular weight excluding hydrogens is 326 g/mol. The molecular formula is C21H25N3O2. The van der Waals surface area contributed by atoms with Crippen LogP contribution in [0.2, 0.25) is 0 Å². The lowest BCUT2D eigenvalue weighted by Gasteiger charge is -2.34. The van der Waals surface area contributed by atoms with Crippen LogP contribution >= 0.6 is 0 Å². The van der Waals surface area contributed by atoms with Gasteiger partial charge in [0, 0.05) is 25.1 Å². The van der Waals surface area contributed by atoms with Crippen LogP contribution in [0, 0.1) is 0 Å². The summed E-state index contributed by atoms with van der Waals surface area (Å²) in [6.07, 6.45) is 3.92. The van der Waals surface area contributed by atoms with E-state index in [2.05, 4.69) is 5.10 Å². The number of carbonyl (C=O) groups excluding carboxylic acids is 1. The van der Waals surface area contributed by atoms with Crippen LogP contribution in [-0.2, 0) is 4.79 Å². The number of piperidine rings is 1. The molecule has 1 saturated heterocycles. The number of hydrogen-bond acceptors (Lipinski definition) is 3. The second-order valence-electron chi connectivity index (χ2n) is 7.50. The number of benzene rings is 1. The van der Waals surface area contributed by atoms with Crippen molar-refractivity contribution < 1.29 is 4.79 Å². The van der Waals surface area contributed by atoms with Gasteiger partial charge in [0.2, 0.25) is 5.91 Å². The predicted molar refractivity (Wildman–Crippen MR) is 100 cm³/mol. The zero-order valence-electron chi connectivity index (χ0n) is 15.2. The van der Waals surface area contributed by atoms with Gasteiger partial charge in [-0.15, -0.1) is 0 Å². The summed E-state index contributed by atoms with van der Waals surface area (Å²) in [5.74, 6) is 0.573. The number of likely N-dealkylation sites (tertiary alicyclic amines) is 1. The fourth-order valence-electron chi connectivity index (χ4n) is 3.79. The Bertz CT molecular complexity index is 834. The summed E-state index contributed by atoms with van der Waals surface area (Å²) in [5, 5.41) is 4.61. The van der Waals surface area contributed by atoms with Crippen LogP contribution in [0.4, 0.5) is 0 Å². The minimum atomic E-state index is -0.133. The highest BCUT2D eigenvalue weighted by Crippen LogP contribution is 2.38. The molecule has 136 valence electrons. The summed E-state index contributed by atoms with van der Waals surface area (Å²) in [7, 11) is 0. The molecule has 1 saturated carbocycles. The average Bonchev–Trinajstić information content (AvgIpc) is 3.53. The van der Waals surface area contributed by atoms with E-state index in [4.69, 9.17) is 0 Å². The summed E-state index contributed by atoms with van der Waals surface area (Å²) >= 11 is 0. The standard InChI is InChI=1S/C21H25N3O2/c1-15(16-5-3-2-4-6-16)21(26)23-13-11-18(12-14-23)24-20(25)10-9-19(22-24)17-7-8-17/h2-6,9-10,15,17-18H,7-8,11-14H2,1H3. The van der Waals surface area contributed by atoms with E-state index in [0.717, 1.165) is 24.1 Å². The van der Waals surface area contributed by atoms with Crippen molar-refractivity contribution >= 4 is 5.91 Å². The minimum Gasteiger partial charge on any atom is -0.342 e. The summed E-state index contributed by atoms with van der Waals surface area (Å²) < 4.78 is 1.66. The lowest BCUT2D eigenvalue weighted by Crippen LogP contribution is -2.43. The average molecular weight is 351 g/mol. The Morgan fingerprint density at radius 1 is 1.04 bits per heavy atom. The molecule has 1 aromatic heterocycles. The summed E-state index contributed by atoms with van der Waals surface area (Å²) in [4.78, 5) is 27.0. The van der Waals surface area contributed by atoms with Crippen molar-refractivity contribution in [3.05, 3.63) is 64.1 Å². The SMILES string of the molecule is CC(C(=O)N1CCC(n2nc(C3CC3)ccc2=O)CC1)c1ccccc1. The Morgan fingerprint density at radius 2 is 1.73 bits per heavy atom. The van der Waals surface area contributed by atoms with Crippen molar-refractivity contribution in [3.63, 3.8) is 0 Å². The Labute approximate surface area is 153 Å². The van der Waals surface area contributed by atoms with E-state index < -0.39 is 0 Å². The zero-order valence-corrected chi connectivity index (χ0v) is 15.2. The molecule has 2 fully saturated rings. The highest BCUT2D eigenvalue weighted by atomic mass is 16.2. The first kappa shape index (κ1) is 17.0. The van der Waals surface area contributed by atoms with Gasteiger partial charge in [-0.05, 0) is 44.2 Å². The van der Waals surface area contributed by atoms with E-state index in [1.165, 1.54) is 12.8 Å². The Kier molecular flexibility index (Phi) is 4.62. The Balaban J connectivity index is 1.42. The molecule has 0 N–H and O–H groups in total. The molecule has 4 rings (SSSR count). The Hall–Kier alpha value is -2.43. The van der Waals surface area contributed by atoms with Crippen LogP contribution in [0.3, 0.4) is 0 Å². The fourth-order valence-corrected chi connectivity index (χ4v) is 3.79. The quantitative estimate of drug-likeness (QED) is 0.850. The van der Waals surface area contributed by atoms with E-state index in [9.17, 15) is 9.59 Å². The molecule has 1 aliphatic carbocycles. The normalized spacial score (nSPS) is 19.3. The van der Waals surface area contributed by atoms with Crippen molar-refractivity contribution in [1.29, 1.82) is 0 Å². The molecule has 0 spiro atoms. The molecule has 2 aliphatic rings. The molecule has 1 amide bonds. The van der Waals surface area contributed by atoms with Gasteiger partial charge in [-0.1, -0.05) is 30.3 Å². The third-order valence-electron chi connectivity index (χ3n) is 5.63. The predicted octanol–water partition coefficient (Wildman–Crippen LogP) is 3.09. The number of amides is 1. The molecule has 1 aromatic carbocycles. The zero-order chi connectivity index (χ0) is 18.1. The van der Waals surface area contributed by atoms with Crippen LogP contribution < -0.4 is 5.56 Å². The molecule has 0 radical (unpaired) electrons. The highest BCUT2D eigenvalue weighted by molar-refractivity contribution is 5.83. The monoisotopic (exact) mass is 351 g/mol. The topological polar surface area (TPSA) is 55.2 Å². The lowest BCUT2D eigenvalue weighted by molar-refractivity contribution is -0.133. The van der Waals surface area contributed by atoms with Crippen molar-refractivity contribution in [1.82, 2.24) is 14.7 Å². The third-order valence-corrected chi connectivity index (χ3v) is 5.63. The molecule has 2 heterocycles.